The van der Waals surface area contributed by atoms with Gasteiger partial charge in [0.15, 0.2) is 5.96 Å². The zero-order valence-corrected chi connectivity index (χ0v) is 13.3. The summed E-state index contributed by atoms with van der Waals surface area (Å²) in [6.45, 7) is 5.87. The number of aliphatic imine (C=N–C) groups is 2. The van der Waals surface area contributed by atoms with E-state index in [-0.39, 0.29) is 11.9 Å². The predicted octanol–water partition coefficient (Wildman–Crippen LogP) is 1.68. The highest BCUT2D eigenvalue weighted by molar-refractivity contribution is 5.92. The maximum atomic E-state index is 5.40. The number of rotatable bonds is 9. The van der Waals surface area contributed by atoms with E-state index in [1.54, 1.807) is 0 Å². The van der Waals surface area contributed by atoms with Gasteiger partial charge < -0.3 is 22.9 Å². The molecular formula is C14H34N6. The second kappa shape index (κ2) is 17.7. The molecule has 0 atom stereocenters. The first kappa shape index (κ1) is 21.0. The van der Waals surface area contributed by atoms with Crippen LogP contribution in [0, 0.1) is 0 Å². The minimum absolute atomic E-state index is 0.0608. The molecule has 0 unspecified atom stereocenters. The van der Waals surface area contributed by atoms with Gasteiger partial charge in [0.05, 0.1) is 0 Å². The molecule has 0 aromatic rings. The lowest BCUT2D eigenvalue weighted by Crippen LogP contribution is -2.26. The molecule has 0 aliphatic heterocycles. The Labute approximate surface area is 124 Å². The van der Waals surface area contributed by atoms with E-state index >= 15 is 0 Å². The van der Waals surface area contributed by atoms with Crippen LogP contribution < -0.4 is 22.9 Å². The molecule has 0 saturated heterocycles. The summed E-state index contributed by atoms with van der Waals surface area (Å²) in [4.78, 5) is 7.57. The fourth-order valence-corrected chi connectivity index (χ4v) is 1.47. The number of guanidine groups is 2. The van der Waals surface area contributed by atoms with Gasteiger partial charge in [-0.2, -0.15) is 4.99 Å². The van der Waals surface area contributed by atoms with Crippen LogP contribution in [-0.4, -0.2) is 25.0 Å². The quantitative estimate of drug-likeness (QED) is 0.292. The summed E-state index contributed by atoms with van der Waals surface area (Å²) in [7, 11) is 0. The molecule has 8 N–H and O–H groups in total. The molecule has 20 heavy (non-hydrogen) atoms. The van der Waals surface area contributed by atoms with E-state index in [0.29, 0.717) is 6.54 Å². The first-order valence-electron chi connectivity index (χ1n) is 7.68. The Bertz CT molecular complexity index is 242. The van der Waals surface area contributed by atoms with Crippen molar-refractivity contribution >= 4 is 11.9 Å². The summed E-state index contributed by atoms with van der Waals surface area (Å²) in [5, 5.41) is 0. The summed E-state index contributed by atoms with van der Waals surface area (Å²) in [5.41, 5.74) is 21.0. The lowest BCUT2D eigenvalue weighted by atomic mass is 10.2. The van der Waals surface area contributed by atoms with Crippen LogP contribution in [0.2, 0.25) is 0 Å². The van der Waals surface area contributed by atoms with Gasteiger partial charge in [0, 0.05) is 6.54 Å². The largest absolute Gasteiger partial charge is 0.370 e. The van der Waals surface area contributed by atoms with Crippen LogP contribution in [0.25, 0.3) is 0 Å². The number of nitrogens with zero attached hydrogens (tertiary/aromatic N) is 2. The number of hydrogen-bond donors (Lipinski definition) is 4. The third-order valence-electron chi connectivity index (χ3n) is 2.59. The summed E-state index contributed by atoms with van der Waals surface area (Å²) >= 11 is 0. The van der Waals surface area contributed by atoms with Crippen molar-refractivity contribution in [1.29, 1.82) is 0 Å². The topological polar surface area (TPSA) is 129 Å². The van der Waals surface area contributed by atoms with Crippen LogP contribution in [0.3, 0.4) is 0 Å². The van der Waals surface area contributed by atoms with Crippen LogP contribution in [-0.2, 0) is 0 Å². The highest BCUT2D eigenvalue weighted by atomic mass is 15.1. The second-order valence-electron chi connectivity index (χ2n) is 4.69. The van der Waals surface area contributed by atoms with Crippen molar-refractivity contribution in [3.05, 3.63) is 0 Å². The van der Waals surface area contributed by atoms with Gasteiger partial charge in [0.25, 0.3) is 0 Å². The Morgan fingerprint density at radius 1 is 0.800 bits per heavy atom. The number of hydrogen-bond acceptors (Lipinski definition) is 2. The van der Waals surface area contributed by atoms with Crippen molar-refractivity contribution < 1.29 is 0 Å². The molecule has 0 amide bonds. The monoisotopic (exact) mass is 286 g/mol. The Morgan fingerprint density at radius 3 is 1.80 bits per heavy atom. The van der Waals surface area contributed by atoms with Gasteiger partial charge in [-0.1, -0.05) is 52.4 Å². The van der Waals surface area contributed by atoms with Crippen LogP contribution in [0.5, 0.6) is 0 Å². The van der Waals surface area contributed by atoms with Gasteiger partial charge in [0.2, 0.25) is 5.96 Å². The lowest BCUT2D eigenvalue weighted by molar-refractivity contribution is 0.653. The van der Waals surface area contributed by atoms with E-state index < -0.39 is 0 Å². The molecule has 0 aromatic heterocycles. The molecular weight excluding hydrogens is 252 g/mol. The van der Waals surface area contributed by atoms with E-state index in [0.717, 1.165) is 32.2 Å². The highest BCUT2D eigenvalue weighted by Gasteiger charge is 1.90. The molecule has 0 spiro atoms. The normalized spacial score (nSPS) is 10.7. The van der Waals surface area contributed by atoms with Crippen LogP contribution >= 0.6 is 0 Å². The van der Waals surface area contributed by atoms with Crippen LogP contribution in [0.4, 0.5) is 0 Å². The smallest absolute Gasteiger partial charge is 0.218 e. The fraction of sp³-hybridized carbons (Fsp3) is 0.857. The Kier molecular flexibility index (Phi) is 18.6. The molecule has 0 aromatic carbocycles. The maximum absolute atomic E-state index is 5.40. The van der Waals surface area contributed by atoms with Gasteiger partial charge in [-0.05, 0) is 19.4 Å². The van der Waals surface area contributed by atoms with Crippen molar-refractivity contribution in [2.75, 3.05) is 13.1 Å². The molecule has 120 valence electrons. The molecule has 0 aliphatic rings. The lowest BCUT2D eigenvalue weighted by Gasteiger charge is -1.97. The van der Waals surface area contributed by atoms with Crippen molar-refractivity contribution in [2.45, 2.75) is 65.2 Å². The van der Waals surface area contributed by atoms with E-state index in [1.165, 1.54) is 25.7 Å². The van der Waals surface area contributed by atoms with E-state index in [1.807, 2.05) is 0 Å². The minimum Gasteiger partial charge on any atom is -0.370 e. The zero-order chi connectivity index (χ0) is 15.6. The average molecular weight is 286 g/mol. The molecule has 0 aliphatic carbocycles. The SMILES string of the molecule is CCCCCC.NCCCCCCN=C(N)N=C(N)N. The summed E-state index contributed by atoms with van der Waals surface area (Å²) in [6, 6.07) is 0. The summed E-state index contributed by atoms with van der Waals surface area (Å²) < 4.78 is 0. The second-order valence-corrected chi connectivity index (χ2v) is 4.69. The number of unbranched alkanes of at least 4 members (excludes halogenated alkanes) is 6. The van der Waals surface area contributed by atoms with E-state index in [4.69, 9.17) is 22.9 Å². The minimum atomic E-state index is -0.0608. The van der Waals surface area contributed by atoms with Gasteiger partial charge >= 0.3 is 0 Å². The van der Waals surface area contributed by atoms with Gasteiger partial charge in [-0.15, -0.1) is 0 Å². The summed E-state index contributed by atoms with van der Waals surface area (Å²) in [5.74, 6) is 0.0817. The predicted molar refractivity (Wildman–Crippen MR) is 89.6 cm³/mol. The van der Waals surface area contributed by atoms with Gasteiger partial charge in [-0.25, -0.2) is 0 Å². The third kappa shape index (κ3) is 21.9. The molecule has 0 saturated carbocycles. The van der Waals surface area contributed by atoms with Crippen molar-refractivity contribution in [1.82, 2.24) is 0 Å². The molecule has 0 fully saturated rings. The van der Waals surface area contributed by atoms with Crippen molar-refractivity contribution in [3.8, 4) is 0 Å². The van der Waals surface area contributed by atoms with Gasteiger partial charge in [-0.3, -0.25) is 4.99 Å². The molecule has 0 rings (SSSR count). The zero-order valence-electron chi connectivity index (χ0n) is 13.3. The van der Waals surface area contributed by atoms with Crippen LogP contribution in [0.15, 0.2) is 9.98 Å². The van der Waals surface area contributed by atoms with Crippen molar-refractivity contribution in [3.63, 3.8) is 0 Å². The number of nitrogens with two attached hydrogens (primary N) is 4. The third-order valence-corrected chi connectivity index (χ3v) is 2.59. The maximum Gasteiger partial charge on any atom is 0.218 e. The first-order chi connectivity index (χ1) is 9.58. The first-order valence-corrected chi connectivity index (χ1v) is 7.68. The molecule has 0 radical (unpaired) electrons. The average Bonchev–Trinajstić information content (AvgIpc) is 2.40. The van der Waals surface area contributed by atoms with Crippen LogP contribution in [0.1, 0.15) is 65.2 Å². The van der Waals surface area contributed by atoms with Gasteiger partial charge in [0.1, 0.15) is 0 Å². The summed E-state index contributed by atoms with van der Waals surface area (Å²) in [6.07, 6.45) is 9.83. The Balaban J connectivity index is 0. The van der Waals surface area contributed by atoms with E-state index in [2.05, 4.69) is 23.8 Å². The fourth-order valence-electron chi connectivity index (χ4n) is 1.47. The Morgan fingerprint density at radius 2 is 1.35 bits per heavy atom. The van der Waals surface area contributed by atoms with E-state index in [9.17, 15) is 0 Å². The molecule has 0 bridgehead atoms. The highest BCUT2D eigenvalue weighted by Crippen LogP contribution is 1.98. The molecule has 6 heteroatoms. The Hall–Kier alpha value is -1.30. The molecule has 6 nitrogen and oxygen atoms in total. The van der Waals surface area contributed by atoms with Crippen molar-refractivity contribution in [2.24, 2.45) is 32.9 Å². The standard InChI is InChI=1S/C8H20N6.C6H14/c9-5-3-1-2-4-6-13-8(12)14-7(10)11;1-3-5-6-4-2/h1-6,9H2,(H6,10,11,12,13,14);3-6H2,1-2H3. The molecule has 0 heterocycles.